The molecule has 14 heavy (non-hydrogen) atoms. The Hall–Kier alpha value is -0.670. The Morgan fingerprint density at radius 2 is 1.93 bits per heavy atom. The summed E-state index contributed by atoms with van der Waals surface area (Å²) in [6, 6.07) is 4.01. The third-order valence-electron chi connectivity index (χ3n) is 1.96. The van der Waals surface area contributed by atoms with Crippen molar-refractivity contribution in [3.63, 3.8) is 0 Å². The van der Waals surface area contributed by atoms with E-state index in [0.29, 0.717) is 11.0 Å². The summed E-state index contributed by atoms with van der Waals surface area (Å²) in [6.07, 6.45) is 0. The van der Waals surface area contributed by atoms with E-state index in [-0.39, 0.29) is 0 Å². The van der Waals surface area contributed by atoms with Crippen LogP contribution in [0.5, 0.6) is 0 Å². The van der Waals surface area contributed by atoms with Gasteiger partial charge in [-0.1, -0.05) is 11.6 Å². The zero-order valence-corrected chi connectivity index (χ0v) is 10.1. The maximum Gasteiger partial charge on any atom is 0.140 e. The highest BCUT2D eigenvalue weighted by molar-refractivity contribution is 9.10. The van der Waals surface area contributed by atoms with Crippen LogP contribution in [-0.4, -0.2) is 9.97 Å². The highest BCUT2D eigenvalue weighted by Gasteiger charge is 2.07. The number of aryl methyl sites for hydroxylation is 2. The molecule has 4 heteroatoms. The molecule has 2 aromatic rings. The minimum Gasteiger partial charge on any atom is -0.232 e. The largest absolute Gasteiger partial charge is 0.232 e. The fourth-order valence-electron chi connectivity index (χ4n) is 1.39. The molecule has 0 fully saturated rings. The molecule has 0 saturated carbocycles. The molecular weight excluding hydrogens is 263 g/mol. The summed E-state index contributed by atoms with van der Waals surface area (Å²) in [4.78, 5) is 8.45. The predicted octanol–water partition coefficient (Wildman–Crippen LogP) is 3.66. The summed E-state index contributed by atoms with van der Waals surface area (Å²) in [6.45, 7) is 3.85. The van der Waals surface area contributed by atoms with Crippen molar-refractivity contribution in [2.75, 3.05) is 0 Å². The van der Waals surface area contributed by atoms with Gasteiger partial charge in [0.05, 0.1) is 5.52 Å². The Morgan fingerprint density at radius 3 is 2.64 bits per heavy atom. The lowest BCUT2D eigenvalue weighted by molar-refractivity contribution is 1.09. The molecule has 0 aliphatic heterocycles. The first-order chi connectivity index (χ1) is 6.58. The van der Waals surface area contributed by atoms with Crippen LogP contribution in [0.15, 0.2) is 16.6 Å². The molecule has 1 aromatic heterocycles. The van der Waals surface area contributed by atoms with E-state index in [0.717, 1.165) is 20.9 Å². The molecule has 1 heterocycles. The summed E-state index contributed by atoms with van der Waals surface area (Å²) in [5.41, 5.74) is 2.01. The van der Waals surface area contributed by atoms with Crippen LogP contribution in [0.3, 0.4) is 0 Å². The van der Waals surface area contributed by atoms with E-state index in [1.165, 1.54) is 0 Å². The summed E-state index contributed by atoms with van der Waals surface area (Å²) in [5.74, 6) is 0.687. The van der Waals surface area contributed by atoms with Crippen LogP contribution < -0.4 is 0 Å². The molecule has 0 amide bonds. The summed E-state index contributed by atoms with van der Waals surface area (Å²) in [7, 11) is 0. The average Bonchev–Trinajstić information content (AvgIpc) is 2.07. The normalized spacial score (nSPS) is 10.9. The van der Waals surface area contributed by atoms with Crippen LogP contribution in [0.1, 0.15) is 11.4 Å². The van der Waals surface area contributed by atoms with Gasteiger partial charge in [-0.05, 0) is 47.5 Å². The SMILES string of the molecule is Cc1cc(Br)c2nc(C)nc(Cl)c2c1. The molecule has 2 nitrogen and oxygen atoms in total. The predicted molar refractivity (Wildman–Crippen MR) is 61.7 cm³/mol. The third kappa shape index (κ3) is 1.62. The van der Waals surface area contributed by atoms with Crippen molar-refractivity contribution < 1.29 is 0 Å². The second-order valence-corrected chi connectivity index (χ2v) is 4.42. The summed E-state index contributed by atoms with van der Waals surface area (Å²) >= 11 is 9.50. The van der Waals surface area contributed by atoms with E-state index >= 15 is 0 Å². The smallest absolute Gasteiger partial charge is 0.140 e. The van der Waals surface area contributed by atoms with Crippen molar-refractivity contribution in [2.24, 2.45) is 0 Å². The standard InChI is InChI=1S/C10H8BrClN2/c1-5-3-7-9(8(11)4-5)13-6(2)14-10(7)12/h3-4H,1-2H3. The molecule has 0 atom stereocenters. The number of hydrogen-bond acceptors (Lipinski definition) is 2. The molecule has 0 N–H and O–H groups in total. The lowest BCUT2D eigenvalue weighted by Gasteiger charge is -2.04. The van der Waals surface area contributed by atoms with Crippen molar-refractivity contribution in [2.45, 2.75) is 13.8 Å². The first kappa shape index (κ1) is 9.87. The number of benzene rings is 1. The Balaban J connectivity index is 2.94. The minimum atomic E-state index is 0.511. The Morgan fingerprint density at radius 1 is 1.21 bits per heavy atom. The van der Waals surface area contributed by atoms with E-state index in [9.17, 15) is 0 Å². The molecule has 2 rings (SSSR count). The van der Waals surface area contributed by atoms with Crippen molar-refractivity contribution in [1.82, 2.24) is 9.97 Å². The van der Waals surface area contributed by atoms with E-state index in [4.69, 9.17) is 11.6 Å². The first-order valence-corrected chi connectivity index (χ1v) is 5.35. The highest BCUT2D eigenvalue weighted by atomic mass is 79.9. The van der Waals surface area contributed by atoms with Crippen LogP contribution in [0.2, 0.25) is 5.15 Å². The van der Waals surface area contributed by atoms with E-state index < -0.39 is 0 Å². The van der Waals surface area contributed by atoms with Crippen molar-refractivity contribution in [1.29, 1.82) is 0 Å². The number of fused-ring (bicyclic) bond motifs is 1. The van der Waals surface area contributed by atoms with Gasteiger partial charge in [0.1, 0.15) is 11.0 Å². The number of aromatic nitrogens is 2. The van der Waals surface area contributed by atoms with Gasteiger partial charge in [0, 0.05) is 9.86 Å². The molecular formula is C10H8BrClN2. The van der Waals surface area contributed by atoms with Crippen LogP contribution in [0, 0.1) is 13.8 Å². The Labute approximate surface area is 95.5 Å². The third-order valence-corrected chi connectivity index (χ3v) is 2.86. The second kappa shape index (κ2) is 3.48. The number of rotatable bonds is 0. The molecule has 0 bridgehead atoms. The second-order valence-electron chi connectivity index (χ2n) is 3.20. The maximum atomic E-state index is 6.03. The van der Waals surface area contributed by atoms with Gasteiger partial charge in [0.2, 0.25) is 0 Å². The zero-order valence-electron chi connectivity index (χ0n) is 7.81. The summed E-state index contributed by atoms with van der Waals surface area (Å²) in [5, 5.41) is 1.40. The van der Waals surface area contributed by atoms with Gasteiger partial charge in [0.25, 0.3) is 0 Å². The molecule has 0 unspecified atom stereocenters. The van der Waals surface area contributed by atoms with Crippen molar-refractivity contribution >= 4 is 38.4 Å². The molecule has 0 saturated heterocycles. The van der Waals surface area contributed by atoms with Crippen LogP contribution >= 0.6 is 27.5 Å². The average molecular weight is 272 g/mol. The number of hydrogen-bond donors (Lipinski definition) is 0. The maximum absolute atomic E-state index is 6.03. The minimum absolute atomic E-state index is 0.511. The van der Waals surface area contributed by atoms with Gasteiger partial charge in [-0.3, -0.25) is 0 Å². The number of nitrogens with zero attached hydrogens (tertiary/aromatic N) is 2. The molecule has 0 radical (unpaired) electrons. The van der Waals surface area contributed by atoms with Crippen LogP contribution in [-0.2, 0) is 0 Å². The van der Waals surface area contributed by atoms with Crippen LogP contribution in [0.4, 0.5) is 0 Å². The van der Waals surface area contributed by atoms with E-state index in [2.05, 4.69) is 25.9 Å². The van der Waals surface area contributed by atoms with Gasteiger partial charge >= 0.3 is 0 Å². The Bertz CT molecular complexity index is 464. The first-order valence-electron chi connectivity index (χ1n) is 4.18. The molecule has 0 aliphatic carbocycles. The number of halogens is 2. The lowest BCUT2D eigenvalue weighted by atomic mass is 10.2. The van der Waals surface area contributed by atoms with E-state index in [1.54, 1.807) is 0 Å². The van der Waals surface area contributed by atoms with Gasteiger partial charge in [-0.15, -0.1) is 0 Å². The monoisotopic (exact) mass is 270 g/mol. The van der Waals surface area contributed by atoms with Gasteiger partial charge in [0.15, 0.2) is 0 Å². The highest BCUT2D eigenvalue weighted by Crippen LogP contribution is 2.28. The lowest BCUT2D eigenvalue weighted by Crippen LogP contribution is -1.91. The molecule has 72 valence electrons. The Kier molecular flexibility index (Phi) is 2.45. The quantitative estimate of drug-likeness (QED) is 0.683. The molecule has 0 aliphatic rings. The molecule has 0 spiro atoms. The van der Waals surface area contributed by atoms with E-state index in [1.807, 2.05) is 26.0 Å². The fraction of sp³-hybridized carbons (Fsp3) is 0.200. The van der Waals surface area contributed by atoms with Crippen LogP contribution in [0.25, 0.3) is 10.9 Å². The summed E-state index contributed by atoms with van der Waals surface area (Å²) < 4.78 is 0.958. The zero-order chi connectivity index (χ0) is 10.3. The molecule has 1 aromatic carbocycles. The fourth-order valence-corrected chi connectivity index (χ4v) is 2.32. The van der Waals surface area contributed by atoms with Gasteiger partial charge in [-0.2, -0.15) is 0 Å². The topological polar surface area (TPSA) is 25.8 Å². The van der Waals surface area contributed by atoms with Crippen molar-refractivity contribution in [3.05, 3.63) is 33.1 Å². The van der Waals surface area contributed by atoms with Crippen molar-refractivity contribution in [3.8, 4) is 0 Å². The van der Waals surface area contributed by atoms with Gasteiger partial charge in [-0.25, -0.2) is 9.97 Å². The van der Waals surface area contributed by atoms with Gasteiger partial charge < -0.3 is 0 Å².